The third-order valence-corrected chi connectivity index (χ3v) is 2.88. The first-order valence-electron chi connectivity index (χ1n) is 6.70. The maximum Gasteiger partial charge on any atom is 0.271 e. The van der Waals surface area contributed by atoms with Gasteiger partial charge in [0.1, 0.15) is 23.4 Å². The van der Waals surface area contributed by atoms with Gasteiger partial charge in [-0.15, -0.1) is 0 Å². The summed E-state index contributed by atoms with van der Waals surface area (Å²) in [5.74, 6) is -0.407. The summed E-state index contributed by atoms with van der Waals surface area (Å²) < 4.78 is 19.6. The molecule has 1 atom stereocenters. The van der Waals surface area contributed by atoms with Crippen molar-refractivity contribution in [2.45, 2.75) is 13.0 Å². The fraction of sp³-hybridized carbons (Fsp3) is 0.267. The van der Waals surface area contributed by atoms with Crippen molar-refractivity contribution in [3.8, 4) is 5.75 Å². The van der Waals surface area contributed by atoms with E-state index in [0.29, 0.717) is 5.75 Å². The van der Waals surface area contributed by atoms with Crippen LogP contribution in [0.4, 0.5) is 4.39 Å². The molecule has 116 valence electrons. The molecule has 1 aromatic carbocycles. The summed E-state index contributed by atoms with van der Waals surface area (Å²) >= 11 is 0. The minimum Gasteiger partial charge on any atom is -0.489 e. The second-order valence-corrected chi connectivity index (χ2v) is 4.78. The van der Waals surface area contributed by atoms with Gasteiger partial charge in [-0.3, -0.25) is 9.59 Å². The van der Waals surface area contributed by atoms with Crippen molar-refractivity contribution >= 4 is 5.91 Å². The van der Waals surface area contributed by atoms with Crippen molar-refractivity contribution in [1.29, 1.82) is 0 Å². The summed E-state index contributed by atoms with van der Waals surface area (Å²) in [6.45, 7) is 1.97. The molecule has 0 aliphatic rings. The molecule has 2 rings (SSSR count). The Bertz CT molecular complexity index is 730. The molecule has 0 aliphatic carbocycles. The van der Waals surface area contributed by atoms with Gasteiger partial charge in [0.05, 0.1) is 6.54 Å². The zero-order valence-corrected chi connectivity index (χ0v) is 12.2. The zero-order chi connectivity index (χ0) is 16.1. The van der Waals surface area contributed by atoms with Crippen LogP contribution in [0.3, 0.4) is 0 Å². The Morgan fingerprint density at radius 1 is 1.41 bits per heavy atom. The number of ether oxygens (including phenoxy) is 1. The van der Waals surface area contributed by atoms with Gasteiger partial charge in [0, 0.05) is 19.2 Å². The standard InChI is InChI=1S/C15H16FN3O3/c1-10(22-12-5-3-4-11(16)8-12)9-17-15(21)13-6-7-14(20)19(2)18-13/h3-8,10H,9H2,1-2H3,(H,17,21)/t10-/m0/s1. The Morgan fingerprint density at radius 3 is 2.86 bits per heavy atom. The monoisotopic (exact) mass is 305 g/mol. The lowest BCUT2D eigenvalue weighted by Crippen LogP contribution is -2.35. The first kappa shape index (κ1) is 15.7. The van der Waals surface area contributed by atoms with E-state index in [0.717, 1.165) is 4.68 Å². The van der Waals surface area contributed by atoms with E-state index in [-0.39, 0.29) is 29.7 Å². The van der Waals surface area contributed by atoms with E-state index in [1.54, 1.807) is 19.1 Å². The summed E-state index contributed by atoms with van der Waals surface area (Å²) in [5.41, 5.74) is -0.153. The molecule has 0 unspecified atom stereocenters. The minimum atomic E-state index is -0.412. The second-order valence-electron chi connectivity index (χ2n) is 4.78. The van der Waals surface area contributed by atoms with E-state index >= 15 is 0 Å². The number of hydrogen-bond donors (Lipinski definition) is 1. The highest BCUT2D eigenvalue weighted by Crippen LogP contribution is 2.13. The van der Waals surface area contributed by atoms with Gasteiger partial charge in [0.25, 0.3) is 11.5 Å². The molecule has 1 amide bonds. The van der Waals surface area contributed by atoms with E-state index < -0.39 is 5.91 Å². The van der Waals surface area contributed by atoms with Gasteiger partial charge < -0.3 is 10.1 Å². The molecule has 0 fully saturated rings. The van der Waals surface area contributed by atoms with Crippen LogP contribution in [0.15, 0.2) is 41.2 Å². The van der Waals surface area contributed by atoms with Crippen molar-refractivity contribution in [1.82, 2.24) is 15.1 Å². The van der Waals surface area contributed by atoms with E-state index in [9.17, 15) is 14.0 Å². The summed E-state index contributed by atoms with van der Waals surface area (Å²) in [4.78, 5) is 23.1. The number of rotatable bonds is 5. The van der Waals surface area contributed by atoms with Gasteiger partial charge in [-0.1, -0.05) is 6.07 Å². The Morgan fingerprint density at radius 2 is 2.18 bits per heavy atom. The molecule has 1 heterocycles. The lowest BCUT2D eigenvalue weighted by atomic mass is 10.3. The molecule has 0 bridgehead atoms. The molecule has 0 aliphatic heterocycles. The third-order valence-electron chi connectivity index (χ3n) is 2.88. The number of amides is 1. The van der Waals surface area contributed by atoms with Gasteiger partial charge in [-0.25, -0.2) is 9.07 Å². The molecule has 0 saturated carbocycles. The highest BCUT2D eigenvalue weighted by molar-refractivity contribution is 5.91. The number of halogens is 1. The lowest BCUT2D eigenvalue weighted by molar-refractivity contribution is 0.0925. The van der Waals surface area contributed by atoms with Crippen molar-refractivity contribution in [2.24, 2.45) is 7.05 Å². The topological polar surface area (TPSA) is 73.2 Å². The van der Waals surface area contributed by atoms with Crippen molar-refractivity contribution in [3.05, 3.63) is 58.3 Å². The second kappa shape index (κ2) is 6.84. The van der Waals surface area contributed by atoms with Crippen LogP contribution in [0, 0.1) is 5.82 Å². The average Bonchev–Trinajstić information content (AvgIpc) is 2.47. The van der Waals surface area contributed by atoms with Crippen LogP contribution in [0.5, 0.6) is 5.75 Å². The number of carbonyl (C=O) groups is 1. The molecule has 0 radical (unpaired) electrons. The fourth-order valence-corrected chi connectivity index (χ4v) is 1.76. The summed E-state index contributed by atoms with van der Waals surface area (Å²) in [6, 6.07) is 8.40. The maximum absolute atomic E-state index is 13.0. The van der Waals surface area contributed by atoms with Gasteiger partial charge >= 0.3 is 0 Å². The normalized spacial score (nSPS) is 11.8. The van der Waals surface area contributed by atoms with Crippen LogP contribution in [-0.2, 0) is 7.05 Å². The largest absolute Gasteiger partial charge is 0.489 e. The van der Waals surface area contributed by atoms with Crippen molar-refractivity contribution in [2.75, 3.05) is 6.54 Å². The molecule has 1 aromatic heterocycles. The molecular weight excluding hydrogens is 289 g/mol. The number of hydrogen-bond acceptors (Lipinski definition) is 4. The lowest BCUT2D eigenvalue weighted by Gasteiger charge is -2.15. The number of nitrogens with one attached hydrogen (secondary N) is 1. The Hall–Kier alpha value is -2.70. The Balaban J connectivity index is 1.90. The number of aryl methyl sites for hydroxylation is 1. The highest BCUT2D eigenvalue weighted by Gasteiger charge is 2.11. The van der Waals surface area contributed by atoms with Crippen molar-refractivity contribution in [3.63, 3.8) is 0 Å². The van der Waals surface area contributed by atoms with Crippen LogP contribution in [0.1, 0.15) is 17.4 Å². The molecule has 0 saturated heterocycles. The molecule has 7 heteroatoms. The third kappa shape index (κ3) is 4.15. The van der Waals surface area contributed by atoms with Crippen LogP contribution in [0.2, 0.25) is 0 Å². The molecule has 6 nitrogen and oxygen atoms in total. The van der Waals surface area contributed by atoms with Gasteiger partial charge in [0.15, 0.2) is 0 Å². The molecule has 0 spiro atoms. The van der Waals surface area contributed by atoms with Crippen LogP contribution >= 0.6 is 0 Å². The summed E-state index contributed by atoms with van der Waals surface area (Å²) in [5, 5.41) is 6.49. The quantitative estimate of drug-likeness (QED) is 0.898. The molecule has 22 heavy (non-hydrogen) atoms. The predicted octanol–water partition coefficient (Wildman–Crippen LogP) is 1.12. The number of aromatic nitrogens is 2. The average molecular weight is 305 g/mol. The molecular formula is C15H16FN3O3. The SMILES string of the molecule is C[C@@H](CNC(=O)c1ccc(=O)n(C)n1)Oc1cccc(F)c1. The Labute approximate surface area is 126 Å². The zero-order valence-electron chi connectivity index (χ0n) is 12.2. The van der Waals surface area contributed by atoms with E-state index in [2.05, 4.69) is 10.4 Å². The van der Waals surface area contributed by atoms with E-state index in [1.807, 2.05) is 0 Å². The van der Waals surface area contributed by atoms with Gasteiger partial charge in [0.2, 0.25) is 0 Å². The molecule has 1 N–H and O–H groups in total. The summed E-state index contributed by atoms with van der Waals surface area (Å²) in [7, 11) is 1.47. The number of carbonyl (C=O) groups excluding carboxylic acids is 1. The summed E-state index contributed by atoms with van der Waals surface area (Å²) in [6.07, 6.45) is -0.349. The van der Waals surface area contributed by atoms with Gasteiger partial charge in [-0.05, 0) is 25.1 Å². The Kier molecular flexibility index (Phi) is 4.88. The van der Waals surface area contributed by atoms with Crippen molar-refractivity contribution < 1.29 is 13.9 Å². The minimum absolute atomic E-state index is 0.139. The number of benzene rings is 1. The molecule has 2 aromatic rings. The van der Waals surface area contributed by atoms with Crippen LogP contribution in [0.25, 0.3) is 0 Å². The van der Waals surface area contributed by atoms with Crippen LogP contribution in [-0.4, -0.2) is 28.3 Å². The first-order valence-corrected chi connectivity index (χ1v) is 6.70. The van der Waals surface area contributed by atoms with Crippen LogP contribution < -0.4 is 15.6 Å². The highest BCUT2D eigenvalue weighted by atomic mass is 19.1. The number of nitrogens with zero attached hydrogens (tertiary/aromatic N) is 2. The fourth-order valence-electron chi connectivity index (χ4n) is 1.76. The van der Waals surface area contributed by atoms with E-state index in [4.69, 9.17) is 4.74 Å². The maximum atomic E-state index is 13.0. The van der Waals surface area contributed by atoms with Gasteiger partial charge in [-0.2, -0.15) is 5.10 Å². The first-order chi connectivity index (χ1) is 10.5. The predicted molar refractivity (Wildman–Crippen MR) is 78.3 cm³/mol. The smallest absolute Gasteiger partial charge is 0.271 e. The van der Waals surface area contributed by atoms with E-state index in [1.165, 1.54) is 31.3 Å².